The van der Waals surface area contributed by atoms with E-state index in [1.165, 1.54) is 0 Å². The molecule has 0 aliphatic carbocycles. The highest BCUT2D eigenvalue weighted by Gasteiger charge is 2.18. The van der Waals surface area contributed by atoms with E-state index in [9.17, 15) is 4.79 Å². The van der Waals surface area contributed by atoms with E-state index < -0.39 is 0 Å². The number of hydrogen-bond acceptors (Lipinski definition) is 4. The fourth-order valence-corrected chi connectivity index (χ4v) is 2.84. The van der Waals surface area contributed by atoms with Crippen LogP contribution in [0.4, 0.5) is 11.4 Å². The average Bonchev–Trinajstić information content (AvgIpc) is 2.88. The van der Waals surface area contributed by atoms with E-state index >= 15 is 0 Å². The molecule has 1 aliphatic heterocycles. The van der Waals surface area contributed by atoms with Crippen LogP contribution < -0.4 is 20.5 Å². The van der Waals surface area contributed by atoms with Crippen molar-refractivity contribution in [2.75, 3.05) is 17.8 Å². The minimum absolute atomic E-state index is 0.161. The minimum atomic E-state index is -0.244. The van der Waals surface area contributed by atoms with E-state index in [2.05, 4.69) is 43.8 Å². The van der Waals surface area contributed by atoms with E-state index in [1.807, 2.05) is 12.1 Å². The van der Waals surface area contributed by atoms with Crippen LogP contribution in [0.25, 0.3) is 0 Å². The summed E-state index contributed by atoms with van der Waals surface area (Å²) < 4.78 is 12.2. The topological polar surface area (TPSA) is 73.6 Å². The summed E-state index contributed by atoms with van der Waals surface area (Å²) in [6, 6.07) is 8.85. The molecule has 3 N–H and O–H groups in total. The van der Waals surface area contributed by atoms with Crippen molar-refractivity contribution >= 4 is 55.8 Å². The second-order valence-electron chi connectivity index (χ2n) is 4.37. The molecule has 1 aliphatic rings. The Morgan fingerprint density at radius 2 is 1.95 bits per heavy atom. The van der Waals surface area contributed by atoms with Gasteiger partial charge in [0.05, 0.1) is 16.9 Å². The lowest BCUT2D eigenvalue weighted by molar-refractivity contribution is 0.102. The van der Waals surface area contributed by atoms with Crippen LogP contribution in [0.3, 0.4) is 0 Å². The highest BCUT2D eigenvalue weighted by molar-refractivity contribution is 14.1. The third-order valence-electron chi connectivity index (χ3n) is 2.97. The summed E-state index contributed by atoms with van der Waals surface area (Å²) >= 11 is 5.53. The van der Waals surface area contributed by atoms with Gasteiger partial charge in [0.1, 0.15) is 0 Å². The molecule has 2 aromatic carbocycles. The van der Waals surface area contributed by atoms with Gasteiger partial charge in [0, 0.05) is 20.2 Å². The number of rotatable bonds is 2. The van der Waals surface area contributed by atoms with Crippen LogP contribution >= 0.6 is 38.5 Å². The van der Waals surface area contributed by atoms with Crippen LogP contribution in [0.5, 0.6) is 11.5 Å². The van der Waals surface area contributed by atoms with Crippen LogP contribution in [0.1, 0.15) is 10.4 Å². The normalized spacial score (nSPS) is 12.3. The zero-order valence-electron chi connectivity index (χ0n) is 10.7. The maximum absolute atomic E-state index is 12.4. The smallest absolute Gasteiger partial charge is 0.256 e. The van der Waals surface area contributed by atoms with Crippen molar-refractivity contribution in [1.82, 2.24) is 0 Å². The van der Waals surface area contributed by atoms with Crippen LogP contribution in [-0.4, -0.2) is 12.7 Å². The summed E-state index contributed by atoms with van der Waals surface area (Å²) in [5, 5.41) is 2.79. The second kappa shape index (κ2) is 5.72. The Balaban J connectivity index is 1.90. The van der Waals surface area contributed by atoms with Gasteiger partial charge in [0.2, 0.25) is 6.79 Å². The van der Waals surface area contributed by atoms with Crippen LogP contribution in [0, 0.1) is 3.57 Å². The molecular formula is C14H10BrIN2O3. The number of ether oxygens (including phenoxy) is 2. The summed E-state index contributed by atoms with van der Waals surface area (Å²) in [5.74, 6) is 0.910. The van der Waals surface area contributed by atoms with E-state index in [-0.39, 0.29) is 12.7 Å². The van der Waals surface area contributed by atoms with Gasteiger partial charge < -0.3 is 20.5 Å². The zero-order valence-corrected chi connectivity index (χ0v) is 14.4. The molecule has 2 aromatic rings. The second-order valence-corrected chi connectivity index (χ2v) is 6.47. The van der Waals surface area contributed by atoms with Crippen molar-refractivity contribution in [2.45, 2.75) is 0 Å². The molecule has 21 heavy (non-hydrogen) atoms. The largest absolute Gasteiger partial charge is 0.454 e. The Morgan fingerprint density at radius 1 is 1.24 bits per heavy atom. The number of anilines is 2. The first-order chi connectivity index (χ1) is 10.0. The van der Waals surface area contributed by atoms with Gasteiger partial charge >= 0.3 is 0 Å². The van der Waals surface area contributed by atoms with Crippen molar-refractivity contribution in [1.29, 1.82) is 0 Å². The molecule has 0 spiro atoms. The predicted molar refractivity (Wildman–Crippen MR) is 91.8 cm³/mol. The standard InChI is InChI=1S/C14H10BrIN2O3/c15-9-2-1-7(16)3-8(9)14(19)18-11-5-13-12(4-10(11)17)20-6-21-13/h1-5H,6,17H2,(H,18,19). The lowest BCUT2D eigenvalue weighted by Crippen LogP contribution is -2.14. The van der Waals surface area contributed by atoms with Crippen molar-refractivity contribution in [2.24, 2.45) is 0 Å². The highest BCUT2D eigenvalue weighted by Crippen LogP contribution is 2.38. The number of carbonyl (C=O) groups is 1. The van der Waals surface area contributed by atoms with E-state index in [4.69, 9.17) is 15.2 Å². The first kappa shape index (κ1) is 14.5. The molecular weight excluding hydrogens is 451 g/mol. The van der Waals surface area contributed by atoms with Gasteiger partial charge in [-0.05, 0) is 56.7 Å². The number of nitrogens with two attached hydrogens (primary N) is 1. The molecule has 3 rings (SSSR count). The lowest BCUT2D eigenvalue weighted by Gasteiger charge is -2.10. The number of hydrogen-bond donors (Lipinski definition) is 2. The summed E-state index contributed by atoms with van der Waals surface area (Å²) in [6.07, 6.45) is 0. The molecule has 1 heterocycles. The maximum Gasteiger partial charge on any atom is 0.256 e. The molecule has 0 saturated carbocycles. The molecule has 0 atom stereocenters. The molecule has 0 bridgehead atoms. The average molecular weight is 461 g/mol. The molecule has 1 amide bonds. The molecule has 108 valence electrons. The number of carbonyl (C=O) groups excluding carboxylic acids is 1. The van der Waals surface area contributed by atoms with Crippen molar-refractivity contribution in [3.05, 3.63) is 43.9 Å². The van der Waals surface area contributed by atoms with Gasteiger partial charge in [-0.25, -0.2) is 0 Å². The molecule has 7 heteroatoms. The Labute approximate surface area is 143 Å². The first-order valence-electron chi connectivity index (χ1n) is 6.00. The van der Waals surface area contributed by atoms with Crippen LogP contribution in [-0.2, 0) is 0 Å². The Bertz CT molecular complexity index is 736. The third kappa shape index (κ3) is 2.93. The number of nitrogens with one attached hydrogen (secondary N) is 1. The fourth-order valence-electron chi connectivity index (χ4n) is 1.93. The summed E-state index contributed by atoms with van der Waals surface area (Å²) in [6.45, 7) is 0.161. The van der Waals surface area contributed by atoms with Gasteiger partial charge in [0.15, 0.2) is 11.5 Å². The van der Waals surface area contributed by atoms with Crippen molar-refractivity contribution in [3.63, 3.8) is 0 Å². The van der Waals surface area contributed by atoms with E-state index in [0.717, 1.165) is 8.04 Å². The Morgan fingerprint density at radius 3 is 2.71 bits per heavy atom. The molecule has 0 fully saturated rings. The highest BCUT2D eigenvalue weighted by atomic mass is 127. The Kier molecular flexibility index (Phi) is 3.94. The van der Waals surface area contributed by atoms with E-state index in [0.29, 0.717) is 28.4 Å². The van der Waals surface area contributed by atoms with Gasteiger partial charge in [-0.2, -0.15) is 0 Å². The van der Waals surface area contributed by atoms with Crippen molar-refractivity contribution in [3.8, 4) is 11.5 Å². The number of fused-ring (bicyclic) bond motifs is 1. The summed E-state index contributed by atoms with van der Waals surface area (Å²) in [5.41, 5.74) is 7.39. The Hall–Kier alpha value is -1.48. The third-order valence-corrected chi connectivity index (χ3v) is 4.33. The summed E-state index contributed by atoms with van der Waals surface area (Å²) in [7, 11) is 0. The maximum atomic E-state index is 12.4. The first-order valence-corrected chi connectivity index (χ1v) is 7.87. The zero-order chi connectivity index (χ0) is 15.0. The number of benzene rings is 2. The molecule has 0 radical (unpaired) electrons. The lowest BCUT2D eigenvalue weighted by atomic mass is 10.2. The quantitative estimate of drug-likeness (QED) is 0.530. The SMILES string of the molecule is Nc1cc2c(cc1NC(=O)c1cc(I)ccc1Br)OCO2. The predicted octanol–water partition coefficient (Wildman–Crippen LogP) is 3.62. The fraction of sp³-hybridized carbons (Fsp3) is 0.0714. The number of amides is 1. The van der Waals surface area contributed by atoms with Crippen LogP contribution in [0.2, 0.25) is 0 Å². The summed E-state index contributed by atoms with van der Waals surface area (Å²) in [4.78, 5) is 12.4. The van der Waals surface area contributed by atoms with Crippen LogP contribution in [0.15, 0.2) is 34.8 Å². The number of halogens is 2. The number of nitrogen functional groups attached to an aromatic ring is 1. The van der Waals surface area contributed by atoms with Gasteiger partial charge in [0.25, 0.3) is 5.91 Å². The molecule has 0 unspecified atom stereocenters. The van der Waals surface area contributed by atoms with Gasteiger partial charge in [-0.15, -0.1) is 0 Å². The molecule has 0 saturated heterocycles. The minimum Gasteiger partial charge on any atom is -0.454 e. The monoisotopic (exact) mass is 460 g/mol. The molecule has 0 aromatic heterocycles. The van der Waals surface area contributed by atoms with Crippen molar-refractivity contribution < 1.29 is 14.3 Å². The van der Waals surface area contributed by atoms with Gasteiger partial charge in [-0.3, -0.25) is 4.79 Å². The van der Waals surface area contributed by atoms with Gasteiger partial charge in [-0.1, -0.05) is 0 Å². The van der Waals surface area contributed by atoms with E-state index in [1.54, 1.807) is 18.2 Å². The molecule has 5 nitrogen and oxygen atoms in total.